The molecule has 0 spiro atoms. The van der Waals surface area contributed by atoms with Crippen molar-refractivity contribution < 1.29 is 9.53 Å². The van der Waals surface area contributed by atoms with Gasteiger partial charge in [0.25, 0.3) is 0 Å². The fraction of sp³-hybridized carbons (Fsp3) is 0.500. The quantitative estimate of drug-likeness (QED) is 0.557. The summed E-state index contributed by atoms with van der Waals surface area (Å²) in [6.07, 6.45) is 4.12. The molecule has 1 aliphatic rings. The number of carbonyl (C=O) groups excluding carboxylic acids is 1. The predicted octanol–water partition coefficient (Wildman–Crippen LogP) is 3.36. The number of carbonyl (C=O) groups is 1. The topological polar surface area (TPSA) is 85.2 Å². The van der Waals surface area contributed by atoms with Crippen LogP contribution in [0.25, 0.3) is 10.2 Å². The normalized spacial score (nSPS) is 17.4. The van der Waals surface area contributed by atoms with E-state index in [9.17, 15) is 4.79 Å². The molecule has 3 aromatic rings. The zero-order valence-electron chi connectivity index (χ0n) is 17.4. The molecule has 3 heterocycles. The monoisotopic (exact) mass is 446 g/mol. The molecule has 2 aromatic heterocycles. The van der Waals surface area contributed by atoms with Crippen molar-refractivity contribution >= 4 is 44.4 Å². The first-order chi connectivity index (χ1) is 14.6. The van der Waals surface area contributed by atoms with E-state index in [1.165, 1.54) is 11.3 Å². The maximum atomic E-state index is 12.6. The van der Waals surface area contributed by atoms with Crippen LogP contribution in [0.3, 0.4) is 0 Å². The largest absolute Gasteiger partial charge is 0.494 e. The fourth-order valence-electron chi connectivity index (χ4n) is 3.85. The second kappa shape index (κ2) is 9.32. The van der Waals surface area contributed by atoms with Crippen LogP contribution in [0.1, 0.15) is 31.5 Å². The van der Waals surface area contributed by atoms with Crippen LogP contribution >= 0.6 is 23.1 Å². The number of benzene rings is 1. The minimum Gasteiger partial charge on any atom is -0.494 e. The highest BCUT2D eigenvalue weighted by molar-refractivity contribution is 7.98. The molecule has 0 radical (unpaired) electrons. The molecule has 8 nitrogen and oxygen atoms in total. The Balaban J connectivity index is 1.37. The summed E-state index contributed by atoms with van der Waals surface area (Å²) < 4.78 is 8.61. The molecule has 0 saturated carbocycles. The van der Waals surface area contributed by atoms with Crippen molar-refractivity contribution in [3.05, 3.63) is 24.0 Å². The number of nitrogens with one attached hydrogen (secondary N) is 1. The average Bonchev–Trinajstić information content (AvgIpc) is 3.30. The molecule has 1 aliphatic heterocycles. The van der Waals surface area contributed by atoms with Gasteiger partial charge in [0.15, 0.2) is 10.3 Å². The predicted molar refractivity (Wildman–Crippen MR) is 121 cm³/mol. The Kier molecular flexibility index (Phi) is 6.55. The van der Waals surface area contributed by atoms with E-state index in [-0.39, 0.29) is 5.91 Å². The van der Waals surface area contributed by atoms with Gasteiger partial charge in [0, 0.05) is 19.5 Å². The van der Waals surface area contributed by atoms with Crippen molar-refractivity contribution in [2.75, 3.05) is 37.8 Å². The molecule has 1 N–H and O–H groups in total. The number of rotatable bonds is 7. The number of hydrogen-bond donors (Lipinski definition) is 1. The van der Waals surface area contributed by atoms with E-state index in [2.05, 4.69) is 30.0 Å². The van der Waals surface area contributed by atoms with E-state index in [1.54, 1.807) is 11.8 Å². The summed E-state index contributed by atoms with van der Waals surface area (Å²) in [5.41, 5.74) is 0.865. The molecule has 10 heteroatoms. The third-order valence-electron chi connectivity index (χ3n) is 5.21. The summed E-state index contributed by atoms with van der Waals surface area (Å²) in [6, 6.07) is 5.79. The number of thioether (sulfide) groups is 1. The van der Waals surface area contributed by atoms with Crippen molar-refractivity contribution in [3.8, 4) is 5.75 Å². The van der Waals surface area contributed by atoms with Crippen molar-refractivity contribution in [1.29, 1.82) is 0 Å². The van der Waals surface area contributed by atoms with Crippen LogP contribution in [0.4, 0.5) is 5.13 Å². The molecule has 1 unspecified atom stereocenters. The molecular weight excluding hydrogens is 420 g/mol. The van der Waals surface area contributed by atoms with Gasteiger partial charge in [-0.15, -0.1) is 10.2 Å². The molecule has 0 bridgehead atoms. The number of ether oxygens (including phenoxy) is 1. The van der Waals surface area contributed by atoms with E-state index in [0.717, 1.165) is 52.9 Å². The Morgan fingerprint density at radius 1 is 1.40 bits per heavy atom. The molecule has 160 valence electrons. The molecule has 1 saturated heterocycles. The van der Waals surface area contributed by atoms with Gasteiger partial charge < -0.3 is 14.6 Å². The number of amides is 1. The lowest BCUT2D eigenvalue weighted by Gasteiger charge is -2.31. The summed E-state index contributed by atoms with van der Waals surface area (Å²) in [5, 5.41) is 13.1. The van der Waals surface area contributed by atoms with Crippen molar-refractivity contribution in [2.24, 2.45) is 7.05 Å². The van der Waals surface area contributed by atoms with Gasteiger partial charge in [-0.1, -0.05) is 23.1 Å². The summed E-state index contributed by atoms with van der Waals surface area (Å²) >= 11 is 3.06. The van der Waals surface area contributed by atoms with Crippen molar-refractivity contribution in [1.82, 2.24) is 24.6 Å². The third kappa shape index (κ3) is 4.60. The number of likely N-dealkylation sites (tertiary alicyclic amines) is 1. The standard InChI is InChI=1S/C20H26N6O2S2/c1-4-28-14-7-8-15-16(10-14)30-19(21-15)22-17(27)12-26-9-5-6-13(11-26)18-23-24-20(29-3)25(18)2/h7-8,10,13H,4-6,9,11-12H2,1-3H3,(H,21,22,27). The Labute approximate surface area is 184 Å². The Bertz CT molecular complexity index is 1030. The van der Waals surface area contributed by atoms with Gasteiger partial charge in [0.2, 0.25) is 5.91 Å². The van der Waals surface area contributed by atoms with Gasteiger partial charge in [-0.25, -0.2) is 4.98 Å². The van der Waals surface area contributed by atoms with Crippen LogP contribution in [0.5, 0.6) is 5.75 Å². The van der Waals surface area contributed by atoms with E-state index in [4.69, 9.17) is 4.74 Å². The minimum absolute atomic E-state index is 0.0393. The number of hydrogen-bond acceptors (Lipinski definition) is 8. The summed E-state index contributed by atoms with van der Waals surface area (Å²) in [7, 11) is 2.01. The third-order valence-corrected chi connectivity index (χ3v) is 6.86. The smallest absolute Gasteiger partial charge is 0.240 e. The van der Waals surface area contributed by atoms with Crippen LogP contribution in [0, 0.1) is 0 Å². The summed E-state index contributed by atoms with van der Waals surface area (Å²) in [5.74, 6) is 2.08. The molecule has 1 amide bonds. The van der Waals surface area contributed by atoms with E-state index >= 15 is 0 Å². The van der Waals surface area contributed by atoms with E-state index in [1.807, 2.05) is 38.4 Å². The van der Waals surface area contributed by atoms with Crippen LogP contribution in [0.2, 0.25) is 0 Å². The molecule has 30 heavy (non-hydrogen) atoms. The van der Waals surface area contributed by atoms with Crippen LogP contribution in [-0.4, -0.2) is 63.1 Å². The fourth-order valence-corrected chi connectivity index (χ4v) is 5.25. The van der Waals surface area contributed by atoms with Gasteiger partial charge in [-0.05, 0) is 50.8 Å². The maximum absolute atomic E-state index is 12.6. The highest BCUT2D eigenvalue weighted by atomic mass is 32.2. The summed E-state index contributed by atoms with van der Waals surface area (Å²) in [6.45, 7) is 4.65. The second-order valence-electron chi connectivity index (χ2n) is 7.31. The zero-order chi connectivity index (χ0) is 21.1. The first-order valence-corrected chi connectivity index (χ1v) is 12.1. The van der Waals surface area contributed by atoms with Gasteiger partial charge in [0.1, 0.15) is 11.6 Å². The highest BCUT2D eigenvalue weighted by Crippen LogP contribution is 2.30. The lowest BCUT2D eigenvalue weighted by molar-refractivity contribution is -0.117. The van der Waals surface area contributed by atoms with Crippen molar-refractivity contribution in [2.45, 2.75) is 30.8 Å². The van der Waals surface area contributed by atoms with Crippen LogP contribution in [0.15, 0.2) is 23.4 Å². The van der Waals surface area contributed by atoms with Gasteiger partial charge >= 0.3 is 0 Å². The maximum Gasteiger partial charge on any atom is 0.240 e. The molecule has 4 rings (SSSR count). The lowest BCUT2D eigenvalue weighted by atomic mass is 9.97. The van der Waals surface area contributed by atoms with Crippen LogP contribution < -0.4 is 10.1 Å². The number of thiazole rings is 1. The first kappa shape index (κ1) is 21.1. The number of piperidine rings is 1. The van der Waals surface area contributed by atoms with Crippen LogP contribution in [-0.2, 0) is 11.8 Å². The molecule has 1 atom stereocenters. The number of fused-ring (bicyclic) bond motifs is 1. The number of anilines is 1. The highest BCUT2D eigenvalue weighted by Gasteiger charge is 2.27. The van der Waals surface area contributed by atoms with E-state index in [0.29, 0.717) is 24.2 Å². The molecular formula is C20H26N6O2S2. The second-order valence-corrected chi connectivity index (χ2v) is 9.11. The van der Waals surface area contributed by atoms with Gasteiger partial charge in [-0.2, -0.15) is 0 Å². The van der Waals surface area contributed by atoms with E-state index < -0.39 is 0 Å². The molecule has 1 aromatic carbocycles. The van der Waals surface area contributed by atoms with Gasteiger partial charge in [-0.3, -0.25) is 9.69 Å². The average molecular weight is 447 g/mol. The number of aromatic nitrogens is 4. The van der Waals surface area contributed by atoms with Crippen molar-refractivity contribution in [3.63, 3.8) is 0 Å². The molecule has 1 fully saturated rings. The molecule has 0 aliphatic carbocycles. The number of nitrogens with zero attached hydrogens (tertiary/aromatic N) is 5. The Hall–Kier alpha value is -2.17. The Morgan fingerprint density at radius 2 is 2.27 bits per heavy atom. The minimum atomic E-state index is -0.0393. The Morgan fingerprint density at radius 3 is 3.03 bits per heavy atom. The lowest BCUT2D eigenvalue weighted by Crippen LogP contribution is -2.40. The first-order valence-electron chi connectivity index (χ1n) is 10.1. The summed E-state index contributed by atoms with van der Waals surface area (Å²) in [4.78, 5) is 19.4. The SMILES string of the molecule is CCOc1ccc2nc(NC(=O)CN3CCCC(c4nnc(SC)n4C)C3)sc2c1. The van der Waals surface area contributed by atoms with Gasteiger partial charge in [0.05, 0.1) is 23.4 Å². The zero-order valence-corrected chi connectivity index (χ0v) is 19.1.